The first kappa shape index (κ1) is 18.9. The molecular formula is C20H19ClN2O4. The van der Waals surface area contributed by atoms with Crippen molar-refractivity contribution in [3.8, 4) is 0 Å². The maximum atomic E-state index is 12.6. The molecule has 1 unspecified atom stereocenters. The summed E-state index contributed by atoms with van der Waals surface area (Å²) in [6, 6.07) is 13.5. The van der Waals surface area contributed by atoms with E-state index in [9.17, 15) is 14.4 Å². The molecule has 0 aromatic heterocycles. The predicted molar refractivity (Wildman–Crippen MR) is 102 cm³/mol. The minimum Gasteiger partial charge on any atom is -0.478 e. The third-order valence-electron chi connectivity index (χ3n) is 4.56. The third kappa shape index (κ3) is 4.46. The fourth-order valence-electron chi connectivity index (χ4n) is 3.09. The molecule has 6 nitrogen and oxygen atoms in total. The van der Waals surface area contributed by atoms with E-state index in [-0.39, 0.29) is 17.4 Å². The number of anilines is 1. The number of carbonyl (C=O) groups is 3. The number of rotatable bonds is 6. The number of carbonyl (C=O) groups excluding carboxylic acids is 2. The number of hydrogen-bond acceptors (Lipinski definition) is 3. The molecule has 27 heavy (non-hydrogen) atoms. The van der Waals surface area contributed by atoms with Crippen LogP contribution in [0, 0.1) is 5.92 Å². The molecular weight excluding hydrogens is 368 g/mol. The smallest absolute Gasteiger partial charge is 0.335 e. The van der Waals surface area contributed by atoms with Gasteiger partial charge in [-0.2, -0.15) is 0 Å². The molecule has 1 saturated heterocycles. The lowest BCUT2D eigenvalue weighted by Crippen LogP contribution is -2.37. The van der Waals surface area contributed by atoms with Crippen LogP contribution in [0.2, 0.25) is 5.02 Å². The van der Waals surface area contributed by atoms with E-state index in [0.717, 1.165) is 5.56 Å². The van der Waals surface area contributed by atoms with Crippen molar-refractivity contribution in [2.75, 3.05) is 18.0 Å². The van der Waals surface area contributed by atoms with Crippen molar-refractivity contribution in [3.63, 3.8) is 0 Å². The van der Waals surface area contributed by atoms with Gasteiger partial charge in [-0.25, -0.2) is 4.79 Å². The molecule has 7 heteroatoms. The van der Waals surface area contributed by atoms with Crippen molar-refractivity contribution in [3.05, 3.63) is 64.7 Å². The monoisotopic (exact) mass is 386 g/mol. The lowest BCUT2D eigenvalue weighted by molar-refractivity contribution is -0.132. The standard InChI is InChI=1S/C20H19ClN2O4/c21-15-2-1-3-16(12-15)23-11-9-17(19(23)25)18(24)22-10-8-13-4-6-14(7-5-13)20(26)27/h1-7,12,17H,8-11H2,(H,22,24)(H,26,27). The molecule has 1 fully saturated rings. The fourth-order valence-corrected chi connectivity index (χ4v) is 3.28. The van der Waals surface area contributed by atoms with Gasteiger partial charge < -0.3 is 15.3 Å². The van der Waals surface area contributed by atoms with Crippen LogP contribution in [-0.2, 0) is 16.0 Å². The Morgan fingerprint density at radius 3 is 2.59 bits per heavy atom. The Balaban J connectivity index is 1.52. The summed E-state index contributed by atoms with van der Waals surface area (Å²) in [6.45, 7) is 0.861. The van der Waals surface area contributed by atoms with Crippen molar-refractivity contribution in [2.24, 2.45) is 5.92 Å². The van der Waals surface area contributed by atoms with E-state index in [1.54, 1.807) is 41.3 Å². The molecule has 1 aliphatic rings. The summed E-state index contributed by atoms with van der Waals surface area (Å²) < 4.78 is 0. The Kier molecular flexibility index (Phi) is 5.76. The topological polar surface area (TPSA) is 86.7 Å². The highest BCUT2D eigenvalue weighted by Gasteiger charge is 2.37. The van der Waals surface area contributed by atoms with Gasteiger partial charge in [0.25, 0.3) is 0 Å². The van der Waals surface area contributed by atoms with Gasteiger partial charge >= 0.3 is 5.97 Å². The van der Waals surface area contributed by atoms with E-state index in [2.05, 4.69) is 5.32 Å². The average Bonchev–Trinajstić information content (AvgIpc) is 3.03. The summed E-state index contributed by atoms with van der Waals surface area (Å²) in [7, 11) is 0. The quantitative estimate of drug-likeness (QED) is 0.747. The lowest BCUT2D eigenvalue weighted by atomic mass is 10.1. The molecule has 1 heterocycles. The molecule has 0 aliphatic carbocycles. The number of carboxylic acids is 1. The van der Waals surface area contributed by atoms with Crippen molar-refractivity contribution in [1.29, 1.82) is 0 Å². The second-order valence-electron chi connectivity index (χ2n) is 6.35. The van der Waals surface area contributed by atoms with Gasteiger partial charge in [-0.15, -0.1) is 0 Å². The van der Waals surface area contributed by atoms with E-state index >= 15 is 0 Å². The number of nitrogens with zero attached hydrogens (tertiary/aromatic N) is 1. The highest BCUT2D eigenvalue weighted by atomic mass is 35.5. The van der Waals surface area contributed by atoms with Crippen LogP contribution >= 0.6 is 11.6 Å². The summed E-state index contributed by atoms with van der Waals surface area (Å²) in [5.74, 6) is -2.18. The van der Waals surface area contributed by atoms with Crippen molar-refractivity contribution in [2.45, 2.75) is 12.8 Å². The number of nitrogens with one attached hydrogen (secondary N) is 1. The summed E-state index contributed by atoms with van der Waals surface area (Å²) in [4.78, 5) is 37.4. The normalized spacial score (nSPS) is 16.4. The number of carboxylic acid groups (broad SMARTS) is 1. The summed E-state index contributed by atoms with van der Waals surface area (Å²) in [5, 5.41) is 12.2. The fraction of sp³-hybridized carbons (Fsp3) is 0.250. The number of benzene rings is 2. The van der Waals surface area contributed by atoms with Crippen LogP contribution in [0.4, 0.5) is 5.69 Å². The zero-order valence-corrected chi connectivity index (χ0v) is 15.3. The molecule has 0 spiro atoms. The molecule has 2 aromatic carbocycles. The van der Waals surface area contributed by atoms with Gasteiger partial charge in [0.2, 0.25) is 11.8 Å². The Morgan fingerprint density at radius 1 is 1.19 bits per heavy atom. The number of aromatic carboxylic acids is 1. The second-order valence-corrected chi connectivity index (χ2v) is 6.79. The van der Waals surface area contributed by atoms with Gasteiger partial charge in [0.15, 0.2) is 0 Å². The largest absolute Gasteiger partial charge is 0.478 e. The van der Waals surface area contributed by atoms with E-state index in [1.807, 2.05) is 0 Å². The molecule has 0 radical (unpaired) electrons. The van der Waals surface area contributed by atoms with Crippen LogP contribution in [0.3, 0.4) is 0 Å². The molecule has 1 aliphatic heterocycles. The van der Waals surface area contributed by atoms with Gasteiger partial charge in [-0.05, 0) is 48.7 Å². The molecule has 2 N–H and O–H groups in total. The summed E-state index contributed by atoms with van der Waals surface area (Å²) in [6.07, 6.45) is 1.02. The minimum absolute atomic E-state index is 0.222. The number of halogens is 1. The average molecular weight is 387 g/mol. The molecule has 140 valence electrons. The van der Waals surface area contributed by atoms with Gasteiger partial charge in [0, 0.05) is 23.8 Å². The molecule has 2 aromatic rings. The van der Waals surface area contributed by atoms with Crippen LogP contribution < -0.4 is 10.2 Å². The van der Waals surface area contributed by atoms with Crippen LogP contribution in [0.5, 0.6) is 0 Å². The molecule has 1 atom stereocenters. The first-order valence-corrected chi connectivity index (χ1v) is 9.00. The van der Waals surface area contributed by atoms with Crippen LogP contribution in [0.25, 0.3) is 0 Å². The first-order valence-electron chi connectivity index (χ1n) is 8.62. The van der Waals surface area contributed by atoms with Gasteiger partial charge in [-0.1, -0.05) is 29.8 Å². The Hall–Kier alpha value is -2.86. The van der Waals surface area contributed by atoms with E-state index in [4.69, 9.17) is 16.7 Å². The van der Waals surface area contributed by atoms with Crippen LogP contribution in [0.1, 0.15) is 22.3 Å². The summed E-state index contributed by atoms with van der Waals surface area (Å²) in [5.41, 5.74) is 1.83. The number of amides is 2. The Bertz CT molecular complexity index is 867. The number of hydrogen-bond donors (Lipinski definition) is 2. The van der Waals surface area contributed by atoms with E-state index in [1.165, 1.54) is 12.1 Å². The van der Waals surface area contributed by atoms with Crippen LogP contribution in [-0.4, -0.2) is 36.0 Å². The molecule has 0 bridgehead atoms. The Labute approximate surface area is 161 Å². The van der Waals surface area contributed by atoms with Crippen molar-refractivity contribution < 1.29 is 19.5 Å². The minimum atomic E-state index is -0.973. The van der Waals surface area contributed by atoms with Crippen molar-refractivity contribution >= 4 is 35.1 Å². The molecule has 3 rings (SSSR count). The summed E-state index contributed by atoms with van der Waals surface area (Å²) >= 11 is 5.97. The van der Waals surface area contributed by atoms with E-state index < -0.39 is 11.9 Å². The highest BCUT2D eigenvalue weighted by Crippen LogP contribution is 2.27. The van der Waals surface area contributed by atoms with Gasteiger partial charge in [-0.3, -0.25) is 9.59 Å². The zero-order chi connectivity index (χ0) is 19.4. The first-order chi connectivity index (χ1) is 13.0. The molecule has 0 saturated carbocycles. The molecule has 2 amide bonds. The zero-order valence-electron chi connectivity index (χ0n) is 14.5. The maximum Gasteiger partial charge on any atom is 0.335 e. The lowest BCUT2D eigenvalue weighted by Gasteiger charge is -2.17. The maximum absolute atomic E-state index is 12.6. The van der Waals surface area contributed by atoms with E-state index in [0.29, 0.717) is 36.6 Å². The van der Waals surface area contributed by atoms with Gasteiger partial charge in [0.05, 0.1) is 5.56 Å². The predicted octanol–water partition coefficient (Wildman–Crippen LogP) is 2.75. The van der Waals surface area contributed by atoms with Gasteiger partial charge in [0.1, 0.15) is 5.92 Å². The SMILES string of the molecule is O=C(O)c1ccc(CCNC(=O)C2CCN(c3cccc(Cl)c3)C2=O)cc1. The van der Waals surface area contributed by atoms with Crippen molar-refractivity contribution in [1.82, 2.24) is 5.32 Å². The van der Waals surface area contributed by atoms with Crippen LogP contribution in [0.15, 0.2) is 48.5 Å². The second kappa shape index (κ2) is 8.22. The Morgan fingerprint density at radius 2 is 1.93 bits per heavy atom. The highest BCUT2D eigenvalue weighted by molar-refractivity contribution is 6.31. The third-order valence-corrected chi connectivity index (χ3v) is 4.79.